The molecule has 0 aliphatic rings. The molecule has 1 amide bonds. The number of hydrogen-bond acceptors (Lipinski definition) is 5. The van der Waals surface area contributed by atoms with Gasteiger partial charge in [0.15, 0.2) is 0 Å². The number of anilines is 1. The van der Waals surface area contributed by atoms with E-state index in [-0.39, 0.29) is 17.1 Å². The van der Waals surface area contributed by atoms with Crippen LogP contribution in [0, 0.1) is 6.92 Å². The lowest BCUT2D eigenvalue weighted by Crippen LogP contribution is -2.27. The molecule has 0 aliphatic carbocycles. The smallest absolute Gasteiger partial charge is 0.252 e. The summed E-state index contributed by atoms with van der Waals surface area (Å²) in [6.07, 6.45) is 1.62. The highest BCUT2D eigenvalue weighted by Crippen LogP contribution is 2.17. The van der Waals surface area contributed by atoms with Crippen LogP contribution in [0.4, 0.5) is 5.82 Å². The third kappa shape index (κ3) is 3.95. The van der Waals surface area contributed by atoms with Crippen LogP contribution in [0.2, 0.25) is 5.15 Å². The molecule has 2 aromatic heterocycles. The van der Waals surface area contributed by atoms with E-state index in [1.54, 1.807) is 26.1 Å². The highest BCUT2D eigenvalue weighted by molar-refractivity contribution is 6.29. The van der Waals surface area contributed by atoms with Crippen molar-refractivity contribution in [2.24, 2.45) is 0 Å². The Morgan fingerprint density at radius 3 is 2.86 bits per heavy atom. The van der Waals surface area contributed by atoms with E-state index >= 15 is 0 Å². The Morgan fingerprint density at radius 1 is 1.48 bits per heavy atom. The van der Waals surface area contributed by atoms with Crippen LogP contribution < -0.4 is 10.6 Å². The van der Waals surface area contributed by atoms with Crippen molar-refractivity contribution in [3.63, 3.8) is 0 Å². The third-order valence-electron chi connectivity index (χ3n) is 2.77. The molecule has 0 saturated heterocycles. The van der Waals surface area contributed by atoms with Crippen LogP contribution in [0.3, 0.4) is 0 Å². The monoisotopic (exact) mass is 308 g/mol. The third-order valence-corrected chi connectivity index (χ3v) is 2.96. The quantitative estimate of drug-likeness (QED) is 0.830. The average molecular weight is 309 g/mol. The van der Waals surface area contributed by atoms with Crippen molar-refractivity contribution in [3.05, 3.63) is 40.7 Å². The second-order valence-corrected chi connectivity index (χ2v) is 4.99. The maximum absolute atomic E-state index is 12.2. The number of nitrogens with zero attached hydrogens (tertiary/aromatic N) is 2. The van der Waals surface area contributed by atoms with Gasteiger partial charge in [0.1, 0.15) is 22.8 Å². The highest BCUT2D eigenvalue weighted by atomic mass is 35.5. The van der Waals surface area contributed by atoms with Crippen molar-refractivity contribution in [2.75, 3.05) is 11.9 Å². The number of rotatable bonds is 5. The number of oxazole rings is 1. The first-order chi connectivity index (χ1) is 9.99. The Hall–Kier alpha value is -2.08. The summed E-state index contributed by atoms with van der Waals surface area (Å²) in [5, 5.41) is 6.10. The largest absolute Gasteiger partial charge is 0.444 e. The number of carbonyl (C=O) groups is 1. The van der Waals surface area contributed by atoms with Gasteiger partial charge in [-0.25, -0.2) is 9.97 Å². The summed E-state index contributed by atoms with van der Waals surface area (Å²) in [4.78, 5) is 20.4. The Labute approximate surface area is 127 Å². The van der Waals surface area contributed by atoms with Gasteiger partial charge < -0.3 is 15.1 Å². The number of pyridine rings is 1. The van der Waals surface area contributed by atoms with Crippen LogP contribution in [0.25, 0.3) is 0 Å². The molecule has 0 bridgehead atoms. The molecule has 0 fully saturated rings. The van der Waals surface area contributed by atoms with Crippen molar-refractivity contribution >= 4 is 23.3 Å². The Kier molecular flexibility index (Phi) is 4.80. The Morgan fingerprint density at radius 2 is 2.24 bits per heavy atom. The van der Waals surface area contributed by atoms with Crippen LogP contribution in [-0.4, -0.2) is 22.4 Å². The molecule has 2 rings (SSSR count). The summed E-state index contributed by atoms with van der Waals surface area (Å²) >= 11 is 5.92. The topological polar surface area (TPSA) is 80.0 Å². The lowest BCUT2D eigenvalue weighted by Gasteiger charge is -2.11. The molecule has 7 heteroatoms. The number of hydrogen-bond donors (Lipinski definition) is 2. The summed E-state index contributed by atoms with van der Waals surface area (Å²) in [7, 11) is 0. The molecular formula is C14H17ClN4O2. The second kappa shape index (κ2) is 6.58. The Balaban J connectivity index is 2.12. The zero-order valence-electron chi connectivity index (χ0n) is 12.1. The van der Waals surface area contributed by atoms with E-state index in [4.69, 9.17) is 16.0 Å². The summed E-state index contributed by atoms with van der Waals surface area (Å²) < 4.78 is 5.39. The lowest BCUT2D eigenvalue weighted by atomic mass is 10.2. The molecule has 6 nitrogen and oxygen atoms in total. The molecule has 0 saturated carbocycles. The molecule has 1 atom stereocenters. The van der Waals surface area contributed by atoms with E-state index in [0.717, 1.165) is 0 Å². The molecular weight excluding hydrogens is 292 g/mol. The van der Waals surface area contributed by atoms with Crippen molar-refractivity contribution < 1.29 is 9.21 Å². The van der Waals surface area contributed by atoms with Crippen molar-refractivity contribution in [2.45, 2.75) is 26.8 Å². The van der Waals surface area contributed by atoms with E-state index in [1.807, 2.05) is 6.92 Å². The summed E-state index contributed by atoms with van der Waals surface area (Å²) in [5.74, 6) is 1.47. The van der Waals surface area contributed by atoms with E-state index in [0.29, 0.717) is 29.6 Å². The zero-order chi connectivity index (χ0) is 15.4. The molecule has 2 aromatic rings. The van der Waals surface area contributed by atoms with Gasteiger partial charge in [0.05, 0.1) is 6.20 Å². The summed E-state index contributed by atoms with van der Waals surface area (Å²) in [5.41, 5.74) is 0.432. The van der Waals surface area contributed by atoms with Crippen molar-refractivity contribution in [3.8, 4) is 0 Å². The molecule has 0 radical (unpaired) electrons. The van der Waals surface area contributed by atoms with Crippen LogP contribution in [0.1, 0.15) is 41.9 Å². The first kappa shape index (κ1) is 15.3. The van der Waals surface area contributed by atoms with Gasteiger partial charge >= 0.3 is 0 Å². The van der Waals surface area contributed by atoms with E-state index in [9.17, 15) is 4.79 Å². The number of aromatic nitrogens is 2. The molecule has 2 N–H and O–H groups in total. The predicted molar refractivity (Wildman–Crippen MR) is 80.5 cm³/mol. The fraction of sp³-hybridized carbons (Fsp3) is 0.357. The number of halogens is 1. The predicted octanol–water partition coefficient (Wildman–Crippen LogP) is 2.95. The number of carbonyl (C=O) groups excluding carboxylic acids is 1. The van der Waals surface area contributed by atoms with Crippen LogP contribution >= 0.6 is 11.6 Å². The summed E-state index contributed by atoms with van der Waals surface area (Å²) in [6.45, 7) is 6.24. The molecule has 0 spiro atoms. The minimum absolute atomic E-state index is 0.262. The number of nitrogens with one attached hydrogen (secondary N) is 2. The first-order valence-corrected chi connectivity index (χ1v) is 7.02. The molecule has 1 unspecified atom stereocenters. The minimum Gasteiger partial charge on any atom is -0.444 e. The standard InChI is InChI=1S/C14H17ClN4O2/c1-4-16-12-6-10(5-11(15)19-12)13(20)18-9(3)14-17-7-8(2)21-14/h5-7,9H,4H2,1-3H3,(H,16,19)(H,18,20). The molecule has 21 heavy (non-hydrogen) atoms. The molecule has 112 valence electrons. The van der Waals surface area contributed by atoms with E-state index in [2.05, 4.69) is 20.6 Å². The zero-order valence-corrected chi connectivity index (χ0v) is 12.9. The van der Waals surface area contributed by atoms with Crippen molar-refractivity contribution in [1.82, 2.24) is 15.3 Å². The van der Waals surface area contributed by atoms with Crippen LogP contribution in [0.15, 0.2) is 22.7 Å². The molecule has 0 aliphatic heterocycles. The van der Waals surface area contributed by atoms with Gasteiger partial charge in [-0.2, -0.15) is 0 Å². The number of aryl methyl sites for hydroxylation is 1. The SMILES string of the molecule is CCNc1cc(C(=O)NC(C)c2ncc(C)o2)cc(Cl)n1. The maximum atomic E-state index is 12.2. The minimum atomic E-state index is -0.333. The van der Waals surface area contributed by atoms with Crippen LogP contribution in [-0.2, 0) is 0 Å². The lowest BCUT2D eigenvalue weighted by molar-refractivity contribution is 0.0934. The van der Waals surface area contributed by atoms with Crippen molar-refractivity contribution in [1.29, 1.82) is 0 Å². The normalized spacial score (nSPS) is 12.0. The van der Waals surface area contributed by atoms with Gasteiger partial charge in [-0.3, -0.25) is 4.79 Å². The maximum Gasteiger partial charge on any atom is 0.252 e. The van der Waals surface area contributed by atoms with Gasteiger partial charge in [0, 0.05) is 12.1 Å². The fourth-order valence-corrected chi connectivity index (χ4v) is 2.02. The molecule has 0 aromatic carbocycles. The first-order valence-electron chi connectivity index (χ1n) is 6.64. The van der Waals surface area contributed by atoms with Gasteiger partial charge in [-0.15, -0.1) is 0 Å². The Bertz CT molecular complexity index is 642. The van der Waals surface area contributed by atoms with E-state index < -0.39 is 0 Å². The van der Waals surface area contributed by atoms with Gasteiger partial charge in [0.2, 0.25) is 5.89 Å². The van der Waals surface area contributed by atoms with Crippen LogP contribution in [0.5, 0.6) is 0 Å². The second-order valence-electron chi connectivity index (χ2n) is 4.60. The molecule has 2 heterocycles. The van der Waals surface area contributed by atoms with Gasteiger partial charge in [-0.05, 0) is 32.9 Å². The highest BCUT2D eigenvalue weighted by Gasteiger charge is 2.16. The van der Waals surface area contributed by atoms with Gasteiger partial charge in [-0.1, -0.05) is 11.6 Å². The van der Waals surface area contributed by atoms with Gasteiger partial charge in [0.25, 0.3) is 5.91 Å². The number of amides is 1. The average Bonchev–Trinajstić information content (AvgIpc) is 2.85. The summed E-state index contributed by atoms with van der Waals surface area (Å²) in [6, 6.07) is 2.84. The fourth-order valence-electron chi connectivity index (χ4n) is 1.81. The van der Waals surface area contributed by atoms with E-state index in [1.165, 1.54) is 6.07 Å².